The van der Waals surface area contributed by atoms with Crippen molar-refractivity contribution in [3.63, 3.8) is 0 Å². The van der Waals surface area contributed by atoms with Crippen LogP contribution in [-0.4, -0.2) is 51.8 Å². The summed E-state index contributed by atoms with van der Waals surface area (Å²) in [6, 6.07) is 7.31. The molecule has 2 aliphatic rings. The van der Waals surface area contributed by atoms with E-state index in [1.54, 1.807) is 6.07 Å². The molecular formula is C25H29N3O5. The number of urea groups is 1. The SMILES string of the molecule is Cc1ccc(-n2c(C)cc(C(=O)COC(=O)CN3C(=O)NC4(CCCC4)C3=O)c2C)cc1C. The number of esters is 1. The van der Waals surface area contributed by atoms with E-state index < -0.39 is 30.7 Å². The van der Waals surface area contributed by atoms with Crippen molar-refractivity contribution in [1.29, 1.82) is 0 Å². The Kier molecular flexibility index (Phi) is 5.86. The summed E-state index contributed by atoms with van der Waals surface area (Å²) in [5.74, 6) is -1.51. The Labute approximate surface area is 192 Å². The molecule has 1 spiro atoms. The van der Waals surface area contributed by atoms with Crippen molar-refractivity contribution in [2.45, 2.75) is 58.9 Å². The fourth-order valence-corrected chi connectivity index (χ4v) is 4.84. The molecular weight excluding hydrogens is 422 g/mol. The number of amides is 3. The molecule has 2 heterocycles. The first-order valence-electron chi connectivity index (χ1n) is 11.2. The average molecular weight is 452 g/mol. The van der Waals surface area contributed by atoms with E-state index in [9.17, 15) is 19.2 Å². The summed E-state index contributed by atoms with van der Waals surface area (Å²) in [5, 5.41) is 2.72. The van der Waals surface area contributed by atoms with Crippen LogP contribution in [-0.2, 0) is 14.3 Å². The molecule has 8 nitrogen and oxygen atoms in total. The first-order valence-corrected chi connectivity index (χ1v) is 11.2. The molecule has 0 atom stereocenters. The zero-order valence-electron chi connectivity index (χ0n) is 19.5. The van der Waals surface area contributed by atoms with E-state index in [1.165, 1.54) is 5.56 Å². The van der Waals surface area contributed by atoms with Crippen LogP contribution < -0.4 is 5.32 Å². The Balaban J connectivity index is 1.41. The number of hydrogen-bond donors (Lipinski definition) is 1. The minimum absolute atomic E-state index is 0.337. The lowest BCUT2D eigenvalue weighted by Gasteiger charge is -2.19. The second-order valence-electron chi connectivity index (χ2n) is 9.08. The number of carbonyl (C=O) groups excluding carboxylic acids is 4. The zero-order valence-corrected chi connectivity index (χ0v) is 19.5. The number of benzene rings is 1. The average Bonchev–Trinajstić information content (AvgIpc) is 3.42. The van der Waals surface area contributed by atoms with Gasteiger partial charge in [-0.1, -0.05) is 18.9 Å². The molecule has 33 heavy (non-hydrogen) atoms. The van der Waals surface area contributed by atoms with Gasteiger partial charge in [-0.2, -0.15) is 0 Å². The normalized spacial score (nSPS) is 17.0. The highest BCUT2D eigenvalue weighted by Crippen LogP contribution is 2.35. The lowest BCUT2D eigenvalue weighted by Crippen LogP contribution is -2.44. The second kappa shape index (κ2) is 8.50. The molecule has 1 aromatic carbocycles. The van der Waals surface area contributed by atoms with Gasteiger partial charge in [-0.05, 0) is 69.9 Å². The van der Waals surface area contributed by atoms with Gasteiger partial charge in [-0.25, -0.2) is 4.79 Å². The van der Waals surface area contributed by atoms with Gasteiger partial charge in [0, 0.05) is 22.6 Å². The van der Waals surface area contributed by atoms with Gasteiger partial charge >= 0.3 is 12.0 Å². The second-order valence-corrected chi connectivity index (χ2v) is 9.08. The predicted molar refractivity (Wildman–Crippen MR) is 121 cm³/mol. The van der Waals surface area contributed by atoms with Crippen molar-refractivity contribution >= 4 is 23.7 Å². The van der Waals surface area contributed by atoms with Gasteiger partial charge < -0.3 is 14.6 Å². The minimum atomic E-state index is -0.876. The molecule has 1 aliphatic carbocycles. The summed E-state index contributed by atoms with van der Waals surface area (Å²) in [6.45, 7) is 6.91. The summed E-state index contributed by atoms with van der Waals surface area (Å²) in [5.41, 5.74) is 4.55. The van der Waals surface area contributed by atoms with Crippen LogP contribution in [0.4, 0.5) is 4.79 Å². The third-order valence-corrected chi connectivity index (χ3v) is 6.83. The van der Waals surface area contributed by atoms with Gasteiger partial charge in [0.15, 0.2) is 6.61 Å². The molecule has 8 heteroatoms. The van der Waals surface area contributed by atoms with E-state index in [2.05, 4.69) is 11.4 Å². The molecule has 2 aromatic rings. The summed E-state index contributed by atoms with van der Waals surface area (Å²) in [6.07, 6.45) is 2.88. The predicted octanol–water partition coefficient (Wildman–Crippen LogP) is 3.30. The van der Waals surface area contributed by atoms with Gasteiger partial charge in [0.2, 0.25) is 5.78 Å². The van der Waals surface area contributed by atoms with E-state index in [0.29, 0.717) is 18.4 Å². The van der Waals surface area contributed by atoms with Crippen LogP contribution in [0.3, 0.4) is 0 Å². The summed E-state index contributed by atoms with van der Waals surface area (Å²) in [4.78, 5) is 50.9. The van der Waals surface area contributed by atoms with E-state index in [1.807, 2.05) is 44.4 Å². The van der Waals surface area contributed by atoms with Crippen molar-refractivity contribution in [3.05, 3.63) is 52.3 Å². The molecule has 1 aliphatic heterocycles. The number of ether oxygens (including phenoxy) is 1. The number of nitrogens with zero attached hydrogens (tertiary/aromatic N) is 2. The maximum absolute atomic E-state index is 12.8. The number of carbonyl (C=O) groups is 4. The number of imide groups is 1. The summed E-state index contributed by atoms with van der Waals surface area (Å²) < 4.78 is 7.14. The number of nitrogens with one attached hydrogen (secondary N) is 1. The molecule has 2 fully saturated rings. The minimum Gasteiger partial charge on any atom is -0.456 e. The largest absolute Gasteiger partial charge is 0.456 e. The van der Waals surface area contributed by atoms with Gasteiger partial charge in [0.05, 0.1) is 0 Å². The van der Waals surface area contributed by atoms with Crippen LogP contribution in [0, 0.1) is 27.7 Å². The number of hydrogen-bond acceptors (Lipinski definition) is 5. The van der Waals surface area contributed by atoms with Gasteiger partial charge in [0.1, 0.15) is 12.1 Å². The molecule has 4 rings (SSSR count). The molecule has 1 aromatic heterocycles. The molecule has 0 bridgehead atoms. The number of Topliss-reactive ketones (excluding diaryl/α,β-unsaturated/α-hetero) is 1. The number of aromatic nitrogens is 1. The van der Waals surface area contributed by atoms with E-state index in [-0.39, 0.29) is 11.7 Å². The molecule has 1 saturated carbocycles. The van der Waals surface area contributed by atoms with Crippen molar-refractivity contribution in [1.82, 2.24) is 14.8 Å². The standard InChI is InChI=1S/C25H29N3O5/c1-15-7-8-19(11-16(15)2)28-17(3)12-20(18(28)4)21(29)14-33-22(30)13-27-23(31)25(26-24(27)32)9-5-6-10-25/h7-8,11-12H,5-6,9-10,13-14H2,1-4H3,(H,26,32). The molecule has 1 N–H and O–H groups in total. The van der Waals surface area contributed by atoms with E-state index >= 15 is 0 Å². The quantitative estimate of drug-likeness (QED) is 0.413. The highest BCUT2D eigenvalue weighted by molar-refractivity contribution is 6.09. The lowest BCUT2D eigenvalue weighted by atomic mass is 9.98. The molecule has 3 amide bonds. The molecule has 0 radical (unpaired) electrons. The first kappa shape index (κ1) is 22.8. The Hall–Kier alpha value is -3.42. The maximum atomic E-state index is 12.8. The number of rotatable bonds is 6. The highest BCUT2D eigenvalue weighted by atomic mass is 16.5. The van der Waals surface area contributed by atoms with Crippen molar-refractivity contribution in [3.8, 4) is 5.69 Å². The molecule has 174 valence electrons. The highest BCUT2D eigenvalue weighted by Gasteiger charge is 2.52. The Morgan fingerprint density at radius 1 is 1.03 bits per heavy atom. The first-order chi connectivity index (χ1) is 15.6. The Morgan fingerprint density at radius 2 is 1.73 bits per heavy atom. The monoisotopic (exact) mass is 451 g/mol. The van der Waals surface area contributed by atoms with Crippen LogP contribution in [0.25, 0.3) is 5.69 Å². The Morgan fingerprint density at radius 3 is 2.39 bits per heavy atom. The topological polar surface area (TPSA) is 97.7 Å². The van der Waals surface area contributed by atoms with E-state index in [4.69, 9.17) is 4.74 Å². The molecule has 1 saturated heterocycles. The fourth-order valence-electron chi connectivity index (χ4n) is 4.84. The summed E-state index contributed by atoms with van der Waals surface area (Å²) in [7, 11) is 0. The fraction of sp³-hybridized carbons (Fsp3) is 0.440. The third-order valence-electron chi connectivity index (χ3n) is 6.83. The van der Waals surface area contributed by atoms with Crippen molar-refractivity contribution < 1.29 is 23.9 Å². The van der Waals surface area contributed by atoms with Crippen LogP contribution in [0.15, 0.2) is 24.3 Å². The number of ketones is 1. The van der Waals surface area contributed by atoms with Crippen molar-refractivity contribution in [2.24, 2.45) is 0 Å². The van der Waals surface area contributed by atoms with Crippen LogP contribution in [0.2, 0.25) is 0 Å². The smallest absolute Gasteiger partial charge is 0.326 e. The van der Waals surface area contributed by atoms with Crippen LogP contribution in [0.1, 0.15) is 58.6 Å². The van der Waals surface area contributed by atoms with Gasteiger partial charge in [-0.15, -0.1) is 0 Å². The van der Waals surface area contributed by atoms with E-state index in [0.717, 1.165) is 40.4 Å². The zero-order chi connectivity index (χ0) is 23.9. The summed E-state index contributed by atoms with van der Waals surface area (Å²) >= 11 is 0. The van der Waals surface area contributed by atoms with Gasteiger partial charge in [-0.3, -0.25) is 19.3 Å². The Bertz CT molecular complexity index is 1160. The van der Waals surface area contributed by atoms with Gasteiger partial charge in [0.25, 0.3) is 5.91 Å². The lowest BCUT2D eigenvalue weighted by molar-refractivity contribution is -0.146. The maximum Gasteiger partial charge on any atom is 0.326 e. The van der Waals surface area contributed by atoms with Crippen LogP contribution in [0.5, 0.6) is 0 Å². The molecule has 0 unspecified atom stereocenters. The van der Waals surface area contributed by atoms with Crippen LogP contribution >= 0.6 is 0 Å². The third kappa shape index (κ3) is 4.05. The van der Waals surface area contributed by atoms with Crippen molar-refractivity contribution in [2.75, 3.05) is 13.2 Å². The number of aryl methyl sites for hydroxylation is 3.